The molecule has 0 radical (unpaired) electrons. The van der Waals surface area contributed by atoms with E-state index in [1.165, 1.54) is 0 Å². The molecule has 1 aromatic rings. The van der Waals surface area contributed by atoms with Crippen LogP contribution >= 0.6 is 0 Å². The highest BCUT2D eigenvalue weighted by Gasteiger charge is 2.34. The molecule has 0 saturated carbocycles. The van der Waals surface area contributed by atoms with Gasteiger partial charge in [0.2, 0.25) is 0 Å². The maximum atomic E-state index is 10.8. The summed E-state index contributed by atoms with van der Waals surface area (Å²) in [6.07, 6.45) is -0.780. The van der Waals surface area contributed by atoms with E-state index in [1.807, 2.05) is 30.3 Å². The molecule has 1 aromatic carbocycles. The van der Waals surface area contributed by atoms with E-state index in [9.17, 15) is 4.79 Å². The zero-order chi connectivity index (χ0) is 9.97. The molecule has 0 aliphatic carbocycles. The van der Waals surface area contributed by atoms with Gasteiger partial charge in [0.15, 0.2) is 6.10 Å². The predicted molar refractivity (Wildman–Crippen MR) is 49.7 cm³/mol. The summed E-state index contributed by atoms with van der Waals surface area (Å²) >= 11 is 0. The van der Waals surface area contributed by atoms with E-state index >= 15 is 0 Å². The van der Waals surface area contributed by atoms with Gasteiger partial charge in [-0.3, -0.25) is 5.32 Å². The summed E-state index contributed by atoms with van der Waals surface area (Å²) in [6.45, 7) is 0.288. The van der Waals surface area contributed by atoms with Crippen LogP contribution in [0, 0.1) is 0 Å². The van der Waals surface area contributed by atoms with Gasteiger partial charge in [0.25, 0.3) is 0 Å². The highest BCUT2D eigenvalue weighted by atomic mass is 16.5. The number of hydrogen-bond donors (Lipinski definition) is 2. The number of benzene rings is 1. The number of carboxylic acid groups (broad SMARTS) is 1. The van der Waals surface area contributed by atoms with Gasteiger partial charge in [0.1, 0.15) is 0 Å². The fourth-order valence-electron chi connectivity index (χ4n) is 1.60. The van der Waals surface area contributed by atoms with Crippen LogP contribution in [-0.2, 0) is 9.53 Å². The van der Waals surface area contributed by atoms with Crippen LogP contribution in [0.5, 0.6) is 0 Å². The number of hydrogen-bond acceptors (Lipinski definition) is 3. The van der Waals surface area contributed by atoms with Crippen LogP contribution in [0.4, 0.5) is 0 Å². The van der Waals surface area contributed by atoms with E-state index in [1.54, 1.807) is 0 Å². The molecule has 2 atom stereocenters. The zero-order valence-corrected chi connectivity index (χ0v) is 7.51. The molecule has 0 aromatic heterocycles. The Labute approximate surface area is 81.5 Å². The van der Waals surface area contributed by atoms with Crippen LogP contribution in [0.15, 0.2) is 30.3 Å². The molecule has 1 aliphatic rings. The third-order valence-corrected chi connectivity index (χ3v) is 2.27. The van der Waals surface area contributed by atoms with Crippen molar-refractivity contribution < 1.29 is 14.6 Å². The Morgan fingerprint density at radius 3 is 2.79 bits per heavy atom. The summed E-state index contributed by atoms with van der Waals surface area (Å²) in [5, 5.41) is 11.9. The van der Waals surface area contributed by atoms with Crippen molar-refractivity contribution in [3.05, 3.63) is 35.9 Å². The second-order valence-electron chi connectivity index (χ2n) is 3.16. The maximum Gasteiger partial charge on any atom is 0.334 e. The van der Waals surface area contributed by atoms with Gasteiger partial charge in [-0.2, -0.15) is 0 Å². The number of nitrogens with one attached hydrogen (secondary N) is 1. The van der Waals surface area contributed by atoms with Crippen molar-refractivity contribution in [2.24, 2.45) is 0 Å². The van der Waals surface area contributed by atoms with E-state index in [0.29, 0.717) is 0 Å². The fourth-order valence-corrected chi connectivity index (χ4v) is 1.60. The molecule has 74 valence electrons. The highest BCUT2D eigenvalue weighted by molar-refractivity contribution is 5.74. The number of rotatable bonds is 2. The lowest BCUT2D eigenvalue weighted by atomic mass is 10.0. The molecular formula is C10H11NO3. The van der Waals surface area contributed by atoms with Crippen LogP contribution in [0.25, 0.3) is 0 Å². The number of aliphatic carboxylic acids is 1. The van der Waals surface area contributed by atoms with Crippen LogP contribution in [0.3, 0.4) is 0 Å². The standard InChI is InChI=1S/C10H11NO3/c12-10(13)9-8(11-6-14-9)7-4-2-1-3-5-7/h1-5,8-9,11H,6H2,(H,12,13). The molecule has 14 heavy (non-hydrogen) atoms. The van der Waals surface area contributed by atoms with Crippen LogP contribution < -0.4 is 5.32 Å². The third kappa shape index (κ3) is 1.62. The third-order valence-electron chi connectivity index (χ3n) is 2.27. The summed E-state index contributed by atoms with van der Waals surface area (Å²) in [4.78, 5) is 10.8. The molecule has 1 aliphatic heterocycles. The van der Waals surface area contributed by atoms with E-state index in [0.717, 1.165) is 5.56 Å². The minimum Gasteiger partial charge on any atom is -0.479 e. The lowest BCUT2D eigenvalue weighted by Gasteiger charge is -2.14. The van der Waals surface area contributed by atoms with Gasteiger partial charge in [-0.1, -0.05) is 30.3 Å². The van der Waals surface area contributed by atoms with Crippen molar-refractivity contribution in [3.63, 3.8) is 0 Å². The molecule has 2 unspecified atom stereocenters. The first-order chi connectivity index (χ1) is 6.79. The first kappa shape index (κ1) is 9.18. The molecular weight excluding hydrogens is 182 g/mol. The Morgan fingerprint density at radius 1 is 1.43 bits per heavy atom. The average molecular weight is 193 g/mol. The molecule has 0 amide bonds. The van der Waals surface area contributed by atoms with E-state index < -0.39 is 12.1 Å². The summed E-state index contributed by atoms with van der Waals surface area (Å²) in [5.74, 6) is -0.927. The summed E-state index contributed by atoms with van der Waals surface area (Å²) < 4.78 is 5.07. The molecule has 4 nitrogen and oxygen atoms in total. The number of ether oxygens (including phenoxy) is 1. The Bertz CT molecular complexity index is 325. The second-order valence-corrected chi connectivity index (χ2v) is 3.16. The molecule has 1 heterocycles. The fraction of sp³-hybridized carbons (Fsp3) is 0.300. The number of carbonyl (C=O) groups is 1. The molecule has 1 fully saturated rings. The van der Waals surface area contributed by atoms with Gasteiger partial charge < -0.3 is 9.84 Å². The lowest BCUT2D eigenvalue weighted by molar-refractivity contribution is -0.148. The lowest BCUT2D eigenvalue weighted by Crippen LogP contribution is -2.28. The van der Waals surface area contributed by atoms with Gasteiger partial charge in [-0.25, -0.2) is 4.79 Å². The summed E-state index contributed by atoms with van der Waals surface area (Å²) in [5.41, 5.74) is 0.942. The maximum absolute atomic E-state index is 10.8. The molecule has 1 saturated heterocycles. The molecule has 0 bridgehead atoms. The first-order valence-electron chi connectivity index (χ1n) is 4.42. The Morgan fingerprint density at radius 2 is 2.14 bits per heavy atom. The van der Waals surface area contributed by atoms with Crippen LogP contribution in [-0.4, -0.2) is 23.9 Å². The van der Waals surface area contributed by atoms with Crippen molar-refractivity contribution in [2.75, 3.05) is 6.73 Å². The Balaban J connectivity index is 2.22. The highest BCUT2D eigenvalue weighted by Crippen LogP contribution is 2.23. The summed E-state index contributed by atoms with van der Waals surface area (Å²) in [7, 11) is 0. The van der Waals surface area contributed by atoms with Crippen molar-refractivity contribution in [1.29, 1.82) is 0 Å². The van der Waals surface area contributed by atoms with Crippen LogP contribution in [0.2, 0.25) is 0 Å². The van der Waals surface area contributed by atoms with Gasteiger partial charge >= 0.3 is 5.97 Å². The molecule has 2 rings (SSSR count). The van der Waals surface area contributed by atoms with Crippen molar-refractivity contribution in [2.45, 2.75) is 12.1 Å². The second kappa shape index (κ2) is 3.77. The SMILES string of the molecule is O=C(O)C1OCNC1c1ccccc1. The van der Waals surface area contributed by atoms with Gasteiger partial charge in [0.05, 0.1) is 12.8 Å². The Kier molecular flexibility index (Phi) is 2.47. The quantitative estimate of drug-likeness (QED) is 0.728. The molecule has 0 spiro atoms. The monoisotopic (exact) mass is 193 g/mol. The normalized spacial score (nSPS) is 26.3. The Hall–Kier alpha value is -1.39. The van der Waals surface area contributed by atoms with E-state index in [-0.39, 0.29) is 12.8 Å². The predicted octanol–water partition coefficient (Wildman–Crippen LogP) is 0.758. The summed E-state index contributed by atoms with van der Waals surface area (Å²) in [6, 6.07) is 9.20. The topological polar surface area (TPSA) is 58.6 Å². The smallest absolute Gasteiger partial charge is 0.334 e. The van der Waals surface area contributed by atoms with Crippen LogP contribution in [0.1, 0.15) is 11.6 Å². The first-order valence-corrected chi connectivity index (χ1v) is 4.42. The van der Waals surface area contributed by atoms with Gasteiger partial charge in [-0.15, -0.1) is 0 Å². The minimum absolute atomic E-state index is 0.242. The van der Waals surface area contributed by atoms with Gasteiger partial charge in [-0.05, 0) is 5.56 Å². The van der Waals surface area contributed by atoms with Crippen molar-refractivity contribution in [3.8, 4) is 0 Å². The minimum atomic E-state index is -0.927. The largest absolute Gasteiger partial charge is 0.479 e. The molecule has 2 N–H and O–H groups in total. The average Bonchev–Trinajstić information content (AvgIpc) is 2.67. The van der Waals surface area contributed by atoms with Crippen molar-refractivity contribution >= 4 is 5.97 Å². The van der Waals surface area contributed by atoms with Gasteiger partial charge in [0, 0.05) is 0 Å². The van der Waals surface area contributed by atoms with Crippen molar-refractivity contribution in [1.82, 2.24) is 5.32 Å². The number of carboxylic acids is 1. The van der Waals surface area contributed by atoms with E-state index in [4.69, 9.17) is 9.84 Å². The molecule has 4 heteroatoms. The van der Waals surface area contributed by atoms with E-state index in [2.05, 4.69) is 5.32 Å². The zero-order valence-electron chi connectivity index (χ0n) is 7.51.